The molecule has 0 heterocycles. The molecule has 126 valence electrons. The molecule has 0 aliphatic rings. The van der Waals surface area contributed by atoms with Crippen LogP contribution in [0.15, 0.2) is 36.4 Å². The van der Waals surface area contributed by atoms with Gasteiger partial charge in [0.1, 0.15) is 0 Å². The summed E-state index contributed by atoms with van der Waals surface area (Å²) in [6.07, 6.45) is 0. The summed E-state index contributed by atoms with van der Waals surface area (Å²) in [4.78, 5) is 23.8. The van der Waals surface area contributed by atoms with Gasteiger partial charge in [-0.25, -0.2) is 0 Å². The lowest BCUT2D eigenvalue weighted by Crippen LogP contribution is -2.34. The molecular formula is C17H18N2O5. The number of hydrogen-bond donors (Lipinski definition) is 5. The summed E-state index contributed by atoms with van der Waals surface area (Å²) in [6.45, 7) is 2.27. The van der Waals surface area contributed by atoms with Crippen LogP contribution in [0.4, 0.5) is 0 Å². The van der Waals surface area contributed by atoms with Gasteiger partial charge in [0, 0.05) is 24.2 Å². The Labute approximate surface area is 138 Å². The maximum atomic E-state index is 11.9. The van der Waals surface area contributed by atoms with Gasteiger partial charge in [-0.1, -0.05) is 17.7 Å². The largest absolute Gasteiger partial charge is 0.504 e. The molecule has 0 spiro atoms. The molecule has 0 atom stereocenters. The summed E-state index contributed by atoms with van der Waals surface area (Å²) in [5.74, 6) is -2.66. The van der Waals surface area contributed by atoms with Crippen LogP contribution in [0.25, 0.3) is 0 Å². The zero-order chi connectivity index (χ0) is 17.7. The summed E-state index contributed by atoms with van der Waals surface area (Å²) in [7, 11) is 0. The predicted molar refractivity (Wildman–Crippen MR) is 87.3 cm³/mol. The maximum absolute atomic E-state index is 11.9. The van der Waals surface area contributed by atoms with Crippen molar-refractivity contribution in [2.45, 2.75) is 6.92 Å². The van der Waals surface area contributed by atoms with Crippen molar-refractivity contribution in [2.75, 3.05) is 13.1 Å². The molecule has 0 bridgehead atoms. The minimum absolute atomic E-state index is 0.00666. The summed E-state index contributed by atoms with van der Waals surface area (Å²) in [6, 6.07) is 9.21. The van der Waals surface area contributed by atoms with E-state index in [-0.39, 0.29) is 24.6 Å². The first-order valence-electron chi connectivity index (χ1n) is 7.26. The van der Waals surface area contributed by atoms with Gasteiger partial charge in [-0.15, -0.1) is 0 Å². The number of phenolic OH excluding ortho intramolecular Hbond substituents is 3. The van der Waals surface area contributed by atoms with Crippen LogP contribution in [0.2, 0.25) is 0 Å². The molecule has 0 saturated carbocycles. The van der Waals surface area contributed by atoms with E-state index in [1.165, 1.54) is 0 Å². The third-order valence-electron chi connectivity index (χ3n) is 3.31. The van der Waals surface area contributed by atoms with Gasteiger partial charge < -0.3 is 26.0 Å². The Morgan fingerprint density at radius 1 is 0.875 bits per heavy atom. The molecule has 2 rings (SSSR count). The number of rotatable bonds is 5. The van der Waals surface area contributed by atoms with Crippen molar-refractivity contribution in [2.24, 2.45) is 0 Å². The van der Waals surface area contributed by atoms with E-state index in [0.717, 1.165) is 17.7 Å². The number of carbonyl (C=O) groups excluding carboxylic acids is 2. The number of benzene rings is 2. The van der Waals surface area contributed by atoms with E-state index in [9.17, 15) is 24.9 Å². The average molecular weight is 330 g/mol. The van der Waals surface area contributed by atoms with Gasteiger partial charge in [-0.05, 0) is 31.2 Å². The zero-order valence-electron chi connectivity index (χ0n) is 13.0. The van der Waals surface area contributed by atoms with Gasteiger partial charge >= 0.3 is 0 Å². The SMILES string of the molecule is Cc1cccc(C(=O)NCCNC(=O)c2cc(O)c(O)c(O)c2)c1. The smallest absolute Gasteiger partial charge is 0.251 e. The minimum Gasteiger partial charge on any atom is -0.504 e. The van der Waals surface area contributed by atoms with E-state index >= 15 is 0 Å². The number of aromatic hydroxyl groups is 3. The summed E-state index contributed by atoms with van der Waals surface area (Å²) >= 11 is 0. The first kappa shape index (κ1) is 17.1. The first-order chi connectivity index (χ1) is 11.4. The third kappa shape index (κ3) is 4.16. The van der Waals surface area contributed by atoms with Crippen LogP contribution in [-0.2, 0) is 0 Å². The summed E-state index contributed by atoms with van der Waals surface area (Å²) in [5, 5.41) is 33.2. The molecule has 0 aliphatic carbocycles. The molecule has 5 N–H and O–H groups in total. The molecule has 7 heteroatoms. The van der Waals surface area contributed by atoms with Crippen LogP contribution in [0.3, 0.4) is 0 Å². The fourth-order valence-corrected chi connectivity index (χ4v) is 2.08. The lowest BCUT2D eigenvalue weighted by atomic mass is 10.1. The van der Waals surface area contributed by atoms with Crippen molar-refractivity contribution < 1.29 is 24.9 Å². The zero-order valence-corrected chi connectivity index (χ0v) is 13.0. The van der Waals surface area contributed by atoms with Gasteiger partial charge in [-0.3, -0.25) is 9.59 Å². The second-order valence-corrected chi connectivity index (χ2v) is 5.24. The molecule has 7 nitrogen and oxygen atoms in total. The van der Waals surface area contributed by atoms with Gasteiger partial charge in [0.15, 0.2) is 17.2 Å². The lowest BCUT2D eigenvalue weighted by Gasteiger charge is -2.09. The number of hydrogen-bond acceptors (Lipinski definition) is 5. The van der Waals surface area contributed by atoms with E-state index in [2.05, 4.69) is 10.6 Å². The Kier molecular flexibility index (Phi) is 5.26. The number of nitrogens with one attached hydrogen (secondary N) is 2. The number of aryl methyl sites for hydroxylation is 1. The van der Waals surface area contributed by atoms with E-state index < -0.39 is 23.2 Å². The fraction of sp³-hybridized carbons (Fsp3) is 0.176. The number of carbonyl (C=O) groups is 2. The number of phenols is 3. The standard InChI is InChI=1S/C17H18N2O5/c1-10-3-2-4-11(7-10)16(23)18-5-6-19-17(24)12-8-13(20)15(22)14(21)9-12/h2-4,7-9,20-22H,5-6H2,1H3,(H,18,23)(H,19,24). The van der Waals surface area contributed by atoms with Crippen LogP contribution in [0.5, 0.6) is 17.2 Å². The molecule has 0 fully saturated rings. The van der Waals surface area contributed by atoms with E-state index in [0.29, 0.717) is 5.56 Å². The Hall–Kier alpha value is -3.22. The lowest BCUT2D eigenvalue weighted by molar-refractivity contribution is 0.0927. The molecule has 2 aromatic rings. The van der Waals surface area contributed by atoms with Crippen molar-refractivity contribution in [3.8, 4) is 17.2 Å². The second-order valence-electron chi connectivity index (χ2n) is 5.24. The van der Waals surface area contributed by atoms with Gasteiger partial charge in [-0.2, -0.15) is 0 Å². The normalized spacial score (nSPS) is 10.2. The molecule has 0 aromatic heterocycles. The van der Waals surface area contributed by atoms with Crippen LogP contribution < -0.4 is 10.6 Å². The molecule has 0 aliphatic heterocycles. The van der Waals surface area contributed by atoms with Gasteiger partial charge in [0.05, 0.1) is 0 Å². The van der Waals surface area contributed by atoms with Crippen LogP contribution >= 0.6 is 0 Å². The van der Waals surface area contributed by atoms with Crippen molar-refractivity contribution in [1.29, 1.82) is 0 Å². The van der Waals surface area contributed by atoms with Crippen molar-refractivity contribution in [3.05, 3.63) is 53.1 Å². The highest BCUT2D eigenvalue weighted by Gasteiger charge is 2.13. The van der Waals surface area contributed by atoms with Crippen LogP contribution in [0.1, 0.15) is 26.3 Å². The minimum atomic E-state index is -0.683. The average Bonchev–Trinajstić information content (AvgIpc) is 2.55. The van der Waals surface area contributed by atoms with Gasteiger partial charge in [0.2, 0.25) is 0 Å². The number of amides is 2. The predicted octanol–water partition coefficient (Wildman–Crippen LogP) is 1.27. The Bertz CT molecular complexity index is 750. The maximum Gasteiger partial charge on any atom is 0.251 e. The first-order valence-corrected chi connectivity index (χ1v) is 7.26. The van der Waals surface area contributed by atoms with Crippen molar-refractivity contribution in [3.63, 3.8) is 0 Å². The Morgan fingerprint density at radius 2 is 1.42 bits per heavy atom. The summed E-state index contributed by atoms with van der Waals surface area (Å²) < 4.78 is 0. The Balaban J connectivity index is 1.84. The molecule has 0 radical (unpaired) electrons. The monoisotopic (exact) mass is 330 g/mol. The molecule has 2 amide bonds. The summed E-state index contributed by atoms with van der Waals surface area (Å²) in [5.41, 5.74) is 1.51. The van der Waals surface area contributed by atoms with Crippen molar-refractivity contribution in [1.82, 2.24) is 10.6 Å². The Morgan fingerprint density at radius 3 is 1.96 bits per heavy atom. The van der Waals surface area contributed by atoms with E-state index in [1.807, 2.05) is 13.0 Å². The van der Waals surface area contributed by atoms with E-state index in [4.69, 9.17) is 0 Å². The molecule has 2 aromatic carbocycles. The van der Waals surface area contributed by atoms with Crippen molar-refractivity contribution >= 4 is 11.8 Å². The highest BCUT2D eigenvalue weighted by atomic mass is 16.3. The highest BCUT2D eigenvalue weighted by Crippen LogP contribution is 2.35. The van der Waals surface area contributed by atoms with E-state index in [1.54, 1.807) is 18.2 Å². The molecule has 0 saturated heterocycles. The van der Waals surface area contributed by atoms with Gasteiger partial charge in [0.25, 0.3) is 11.8 Å². The van der Waals surface area contributed by atoms with Crippen LogP contribution in [0, 0.1) is 6.92 Å². The topological polar surface area (TPSA) is 119 Å². The quantitative estimate of drug-likeness (QED) is 0.418. The third-order valence-corrected chi connectivity index (χ3v) is 3.31. The molecule has 24 heavy (non-hydrogen) atoms. The van der Waals surface area contributed by atoms with Crippen LogP contribution in [-0.4, -0.2) is 40.2 Å². The second kappa shape index (κ2) is 7.36. The fourth-order valence-electron chi connectivity index (χ4n) is 2.08. The molecule has 0 unspecified atom stereocenters. The molecular weight excluding hydrogens is 312 g/mol. The highest BCUT2D eigenvalue weighted by molar-refractivity contribution is 5.96.